The molecule has 0 aliphatic carbocycles. The molecule has 0 amide bonds. The molecule has 5 nitrogen and oxygen atoms in total. The predicted octanol–water partition coefficient (Wildman–Crippen LogP) is 1.95. The Hall–Kier alpha value is -1.01. The van der Waals surface area contributed by atoms with E-state index in [0.29, 0.717) is 42.6 Å². The van der Waals surface area contributed by atoms with Gasteiger partial charge >= 0.3 is 0 Å². The van der Waals surface area contributed by atoms with Crippen molar-refractivity contribution in [1.82, 2.24) is 5.32 Å². The largest absolute Gasteiger partial charge is 0.504 e. The predicted molar refractivity (Wildman–Crippen MR) is 76.6 cm³/mol. The third kappa shape index (κ3) is 3.35. The van der Waals surface area contributed by atoms with Crippen molar-refractivity contribution in [1.29, 1.82) is 0 Å². The lowest BCUT2D eigenvalue weighted by atomic mass is 10.0. The van der Waals surface area contributed by atoms with Crippen molar-refractivity contribution in [3.63, 3.8) is 0 Å². The Morgan fingerprint density at radius 1 is 1.45 bits per heavy atom. The first-order valence-electron chi connectivity index (χ1n) is 6.49. The highest BCUT2D eigenvalue weighted by molar-refractivity contribution is 6.30. The number of aromatic hydroxyl groups is 1. The summed E-state index contributed by atoms with van der Waals surface area (Å²) in [5.41, 5.74) is 0.415. The second-order valence-electron chi connectivity index (χ2n) is 4.91. The molecule has 0 spiro atoms. The van der Waals surface area contributed by atoms with E-state index >= 15 is 0 Å². The summed E-state index contributed by atoms with van der Waals surface area (Å²) in [6, 6.07) is 3.30. The highest BCUT2D eigenvalue weighted by Gasteiger charge is 2.34. The molecule has 1 atom stereocenters. The van der Waals surface area contributed by atoms with Gasteiger partial charge in [-0.25, -0.2) is 0 Å². The molecular weight excluding hydrogens is 282 g/mol. The maximum atomic E-state index is 10.0. The van der Waals surface area contributed by atoms with Crippen LogP contribution in [0.1, 0.15) is 12.0 Å². The Balaban J connectivity index is 1.99. The Kier molecular flexibility index (Phi) is 5.10. The number of rotatable bonds is 6. The standard InChI is InChI=1S/C14H20ClNO4/c1-18-12-6-11(15)5-10(13(12)17)7-16-8-14(19-2)3-4-20-9-14/h5-6,16-17H,3-4,7-9H2,1-2H3. The van der Waals surface area contributed by atoms with Crippen LogP contribution in [0.15, 0.2) is 12.1 Å². The second kappa shape index (κ2) is 6.63. The van der Waals surface area contributed by atoms with E-state index in [2.05, 4.69) is 5.32 Å². The molecule has 112 valence electrons. The Bertz CT molecular complexity index is 461. The van der Waals surface area contributed by atoms with Crippen molar-refractivity contribution < 1.29 is 19.3 Å². The summed E-state index contributed by atoms with van der Waals surface area (Å²) in [6.07, 6.45) is 0.862. The molecule has 1 aliphatic rings. The number of methoxy groups -OCH3 is 2. The number of ether oxygens (including phenoxy) is 3. The van der Waals surface area contributed by atoms with E-state index in [-0.39, 0.29) is 11.4 Å². The van der Waals surface area contributed by atoms with Gasteiger partial charge < -0.3 is 24.6 Å². The van der Waals surface area contributed by atoms with Gasteiger partial charge in [0.05, 0.1) is 13.7 Å². The summed E-state index contributed by atoms with van der Waals surface area (Å²) in [4.78, 5) is 0. The van der Waals surface area contributed by atoms with E-state index in [1.165, 1.54) is 7.11 Å². The first-order valence-corrected chi connectivity index (χ1v) is 6.87. The molecule has 0 radical (unpaired) electrons. The normalized spacial score (nSPS) is 22.1. The summed E-state index contributed by atoms with van der Waals surface area (Å²) >= 11 is 6.00. The molecule has 1 aromatic rings. The van der Waals surface area contributed by atoms with Crippen molar-refractivity contribution >= 4 is 11.6 Å². The minimum Gasteiger partial charge on any atom is -0.504 e. The van der Waals surface area contributed by atoms with E-state index in [9.17, 15) is 5.11 Å². The Morgan fingerprint density at radius 3 is 2.85 bits per heavy atom. The maximum Gasteiger partial charge on any atom is 0.162 e. The molecule has 1 saturated heterocycles. The van der Waals surface area contributed by atoms with Crippen LogP contribution in [0, 0.1) is 0 Å². The van der Waals surface area contributed by atoms with Crippen LogP contribution in [0.3, 0.4) is 0 Å². The minimum absolute atomic E-state index is 0.110. The molecule has 0 bridgehead atoms. The van der Waals surface area contributed by atoms with Crippen LogP contribution in [-0.2, 0) is 16.0 Å². The van der Waals surface area contributed by atoms with E-state index < -0.39 is 0 Å². The molecule has 6 heteroatoms. The van der Waals surface area contributed by atoms with Gasteiger partial charge in [0.2, 0.25) is 0 Å². The van der Waals surface area contributed by atoms with Crippen molar-refractivity contribution in [2.75, 3.05) is 34.0 Å². The molecule has 1 unspecified atom stereocenters. The van der Waals surface area contributed by atoms with Crippen LogP contribution in [0.4, 0.5) is 0 Å². The van der Waals surface area contributed by atoms with Gasteiger partial charge in [0.1, 0.15) is 5.60 Å². The molecule has 2 rings (SSSR count). The van der Waals surface area contributed by atoms with Gasteiger partial charge in [-0.2, -0.15) is 0 Å². The molecule has 1 fully saturated rings. The monoisotopic (exact) mass is 301 g/mol. The summed E-state index contributed by atoms with van der Waals surface area (Å²) in [5, 5.41) is 13.9. The van der Waals surface area contributed by atoms with Crippen LogP contribution in [0.5, 0.6) is 11.5 Å². The van der Waals surface area contributed by atoms with Crippen LogP contribution in [0.2, 0.25) is 5.02 Å². The van der Waals surface area contributed by atoms with Gasteiger partial charge in [-0.3, -0.25) is 0 Å². The van der Waals surface area contributed by atoms with Crippen LogP contribution < -0.4 is 10.1 Å². The molecule has 1 aliphatic heterocycles. The summed E-state index contributed by atoms with van der Waals surface area (Å²) in [6.45, 7) is 2.43. The average Bonchev–Trinajstić information content (AvgIpc) is 2.91. The molecule has 0 saturated carbocycles. The maximum absolute atomic E-state index is 10.0. The lowest BCUT2D eigenvalue weighted by Gasteiger charge is -2.26. The lowest BCUT2D eigenvalue weighted by Crippen LogP contribution is -2.42. The zero-order valence-electron chi connectivity index (χ0n) is 11.7. The summed E-state index contributed by atoms with van der Waals surface area (Å²) in [7, 11) is 3.19. The summed E-state index contributed by atoms with van der Waals surface area (Å²) < 4.78 is 16.0. The molecule has 2 N–H and O–H groups in total. The van der Waals surface area contributed by atoms with Gasteiger partial charge in [-0.05, 0) is 6.07 Å². The highest BCUT2D eigenvalue weighted by atomic mass is 35.5. The third-order valence-electron chi connectivity index (χ3n) is 3.60. The minimum atomic E-state index is -0.279. The zero-order chi connectivity index (χ0) is 14.6. The van der Waals surface area contributed by atoms with Gasteiger partial charge in [-0.15, -0.1) is 0 Å². The molecule has 1 aromatic carbocycles. The van der Waals surface area contributed by atoms with Crippen LogP contribution in [0.25, 0.3) is 0 Å². The first kappa shape index (κ1) is 15.4. The van der Waals surface area contributed by atoms with Crippen molar-refractivity contribution in [2.45, 2.75) is 18.6 Å². The number of benzene rings is 1. The van der Waals surface area contributed by atoms with Gasteiger partial charge in [0.25, 0.3) is 0 Å². The van der Waals surface area contributed by atoms with E-state index in [1.54, 1.807) is 19.2 Å². The fourth-order valence-corrected chi connectivity index (χ4v) is 2.54. The van der Waals surface area contributed by atoms with E-state index in [4.69, 9.17) is 25.8 Å². The number of phenolic OH excluding ortho intramolecular Hbond substituents is 1. The van der Waals surface area contributed by atoms with Gasteiger partial charge in [0, 0.05) is 49.9 Å². The number of nitrogens with one attached hydrogen (secondary N) is 1. The Morgan fingerprint density at radius 2 is 2.25 bits per heavy atom. The van der Waals surface area contributed by atoms with Gasteiger partial charge in [-0.1, -0.05) is 11.6 Å². The number of phenols is 1. The molecule has 20 heavy (non-hydrogen) atoms. The van der Waals surface area contributed by atoms with Gasteiger partial charge in [0.15, 0.2) is 11.5 Å². The molecule has 1 heterocycles. The fourth-order valence-electron chi connectivity index (χ4n) is 2.30. The number of hydrogen-bond acceptors (Lipinski definition) is 5. The second-order valence-corrected chi connectivity index (χ2v) is 5.35. The average molecular weight is 302 g/mol. The summed E-state index contributed by atoms with van der Waals surface area (Å²) in [5.74, 6) is 0.485. The highest BCUT2D eigenvalue weighted by Crippen LogP contribution is 2.33. The van der Waals surface area contributed by atoms with Crippen molar-refractivity contribution in [3.8, 4) is 11.5 Å². The quantitative estimate of drug-likeness (QED) is 0.841. The molecule has 0 aromatic heterocycles. The number of halogens is 1. The van der Waals surface area contributed by atoms with Crippen molar-refractivity contribution in [2.24, 2.45) is 0 Å². The zero-order valence-corrected chi connectivity index (χ0v) is 12.5. The topological polar surface area (TPSA) is 60.0 Å². The van der Waals surface area contributed by atoms with Crippen LogP contribution in [-0.4, -0.2) is 44.7 Å². The first-order chi connectivity index (χ1) is 9.60. The van der Waals surface area contributed by atoms with E-state index in [0.717, 1.165) is 6.42 Å². The van der Waals surface area contributed by atoms with E-state index in [1.807, 2.05) is 0 Å². The smallest absolute Gasteiger partial charge is 0.162 e. The SMILES string of the molecule is COc1cc(Cl)cc(CNCC2(OC)CCOC2)c1O. The van der Waals surface area contributed by atoms with Crippen LogP contribution >= 0.6 is 11.6 Å². The number of hydrogen-bond donors (Lipinski definition) is 2. The molecular formula is C14H20ClNO4. The van der Waals surface area contributed by atoms with Crippen molar-refractivity contribution in [3.05, 3.63) is 22.7 Å². The Labute approximate surface area is 123 Å². The fraction of sp³-hybridized carbons (Fsp3) is 0.571. The lowest BCUT2D eigenvalue weighted by molar-refractivity contribution is -0.0159. The third-order valence-corrected chi connectivity index (χ3v) is 3.82.